The molecule has 2 heterocycles. The van der Waals surface area contributed by atoms with Gasteiger partial charge in [-0.1, -0.05) is 43.0 Å². The highest BCUT2D eigenvalue weighted by Gasteiger charge is 2.43. The van der Waals surface area contributed by atoms with Gasteiger partial charge in [0, 0.05) is 31.1 Å². The molecule has 1 saturated heterocycles. The number of carbonyl (C=O) groups is 2. The zero-order valence-corrected chi connectivity index (χ0v) is 19.6. The van der Waals surface area contributed by atoms with Crippen molar-refractivity contribution in [1.29, 1.82) is 0 Å². The van der Waals surface area contributed by atoms with Crippen molar-refractivity contribution < 1.29 is 14.7 Å². The van der Waals surface area contributed by atoms with Crippen molar-refractivity contribution in [3.63, 3.8) is 0 Å². The van der Waals surface area contributed by atoms with Crippen molar-refractivity contribution in [2.45, 2.75) is 64.0 Å². The van der Waals surface area contributed by atoms with Crippen LogP contribution in [0.25, 0.3) is 0 Å². The Hall–Kier alpha value is -2.61. The molecule has 2 fully saturated rings. The number of hydrogen-bond acceptors (Lipinski definition) is 4. The van der Waals surface area contributed by atoms with Crippen LogP contribution >= 0.6 is 11.6 Å². The molecule has 2 amide bonds. The molecule has 33 heavy (non-hydrogen) atoms. The predicted molar refractivity (Wildman–Crippen MR) is 125 cm³/mol. The van der Waals surface area contributed by atoms with E-state index in [1.54, 1.807) is 24.8 Å². The number of piperidine rings is 1. The van der Waals surface area contributed by atoms with Gasteiger partial charge in [0.1, 0.15) is 18.7 Å². The molecule has 1 aliphatic carbocycles. The summed E-state index contributed by atoms with van der Waals surface area (Å²) in [6, 6.07) is 6.34. The molecule has 2 N–H and O–H groups in total. The van der Waals surface area contributed by atoms with Crippen molar-refractivity contribution in [2.75, 3.05) is 13.1 Å². The second-order valence-electron chi connectivity index (χ2n) is 9.45. The second kappa shape index (κ2) is 10.5. The largest absolute Gasteiger partial charge is 0.465 e. The molecule has 9 heteroatoms. The lowest BCUT2D eigenvalue weighted by Gasteiger charge is -2.48. The summed E-state index contributed by atoms with van der Waals surface area (Å²) in [4.78, 5) is 30.7. The third-order valence-electron chi connectivity index (χ3n) is 7.43. The summed E-state index contributed by atoms with van der Waals surface area (Å²) in [5.74, 6) is 0.458. The fraction of sp³-hybridized carbons (Fsp3) is 0.583. The number of carboxylic acid groups (broad SMARTS) is 1. The van der Waals surface area contributed by atoms with Gasteiger partial charge in [0.05, 0.1) is 0 Å². The van der Waals surface area contributed by atoms with Gasteiger partial charge in [-0.25, -0.2) is 9.78 Å². The first-order valence-electron chi connectivity index (χ1n) is 11.8. The molecule has 1 aliphatic heterocycles. The molecule has 1 aromatic carbocycles. The Morgan fingerprint density at radius 1 is 1.15 bits per heavy atom. The average Bonchev–Trinajstić information content (AvgIpc) is 3.33. The zero-order chi connectivity index (χ0) is 23.3. The van der Waals surface area contributed by atoms with E-state index >= 15 is 0 Å². The number of nitrogens with one attached hydrogen (secondary N) is 1. The normalized spacial score (nSPS) is 19.7. The molecule has 1 atom stereocenters. The standard InChI is InChI=1S/C24H32ClN5O3/c25-20-8-6-18(7-9-20)14-21(28-23(32)33)22(31)29-12-10-24(11-13-29,15-30-17-26-16-27-30)19-4-2-1-3-5-19/h6-9,16-17,19,21,28H,1-5,10-15H2,(H,32,33)/t21-/m1/s1. The molecular formula is C24H32ClN5O3. The fourth-order valence-electron chi connectivity index (χ4n) is 5.65. The predicted octanol–water partition coefficient (Wildman–Crippen LogP) is 4.00. The van der Waals surface area contributed by atoms with Crippen LogP contribution < -0.4 is 5.32 Å². The third-order valence-corrected chi connectivity index (χ3v) is 7.69. The van der Waals surface area contributed by atoms with E-state index in [9.17, 15) is 14.7 Å². The van der Waals surface area contributed by atoms with Gasteiger partial charge in [0.15, 0.2) is 0 Å². The van der Waals surface area contributed by atoms with Gasteiger partial charge >= 0.3 is 6.09 Å². The van der Waals surface area contributed by atoms with Crippen LogP contribution in [0.1, 0.15) is 50.5 Å². The van der Waals surface area contributed by atoms with Crippen LogP contribution in [0.5, 0.6) is 0 Å². The Balaban J connectivity index is 1.46. The van der Waals surface area contributed by atoms with Crippen LogP contribution in [0, 0.1) is 11.3 Å². The van der Waals surface area contributed by atoms with E-state index in [-0.39, 0.29) is 11.3 Å². The topological polar surface area (TPSA) is 100 Å². The van der Waals surface area contributed by atoms with E-state index in [1.165, 1.54) is 32.1 Å². The Kier molecular flexibility index (Phi) is 7.53. The van der Waals surface area contributed by atoms with Gasteiger partial charge < -0.3 is 15.3 Å². The van der Waals surface area contributed by atoms with Gasteiger partial charge in [-0.3, -0.25) is 9.48 Å². The minimum absolute atomic E-state index is 0.0940. The number of rotatable bonds is 7. The number of halogens is 1. The van der Waals surface area contributed by atoms with Gasteiger partial charge in [0.25, 0.3) is 0 Å². The van der Waals surface area contributed by atoms with Crippen molar-refractivity contribution in [2.24, 2.45) is 11.3 Å². The van der Waals surface area contributed by atoms with E-state index < -0.39 is 12.1 Å². The van der Waals surface area contributed by atoms with Gasteiger partial charge in [-0.05, 0) is 54.7 Å². The van der Waals surface area contributed by atoms with Gasteiger partial charge in [-0.2, -0.15) is 5.10 Å². The summed E-state index contributed by atoms with van der Waals surface area (Å²) >= 11 is 5.96. The van der Waals surface area contributed by atoms with Crippen LogP contribution in [0.15, 0.2) is 36.9 Å². The molecule has 0 bridgehead atoms. The Morgan fingerprint density at radius 2 is 1.85 bits per heavy atom. The maximum absolute atomic E-state index is 13.4. The molecule has 1 saturated carbocycles. The Bertz CT molecular complexity index is 920. The summed E-state index contributed by atoms with van der Waals surface area (Å²) in [5, 5.41) is 16.7. The number of hydrogen-bond donors (Lipinski definition) is 2. The molecule has 1 aromatic heterocycles. The number of aromatic nitrogens is 3. The number of amides is 2. The van der Waals surface area contributed by atoms with Crippen LogP contribution in [0.4, 0.5) is 4.79 Å². The lowest BCUT2D eigenvalue weighted by molar-refractivity contribution is -0.137. The molecule has 2 aromatic rings. The summed E-state index contributed by atoms with van der Waals surface area (Å²) in [6.07, 6.45) is 10.5. The smallest absolute Gasteiger partial charge is 0.405 e. The van der Waals surface area contributed by atoms with Gasteiger partial charge in [0.2, 0.25) is 5.91 Å². The molecule has 0 spiro atoms. The van der Waals surface area contributed by atoms with Crippen LogP contribution in [0.3, 0.4) is 0 Å². The summed E-state index contributed by atoms with van der Waals surface area (Å²) in [6.45, 7) is 2.08. The highest BCUT2D eigenvalue weighted by molar-refractivity contribution is 6.30. The van der Waals surface area contributed by atoms with Crippen molar-refractivity contribution in [3.05, 3.63) is 47.5 Å². The number of benzene rings is 1. The molecular weight excluding hydrogens is 442 g/mol. The maximum Gasteiger partial charge on any atom is 0.405 e. The van der Waals surface area contributed by atoms with E-state index in [4.69, 9.17) is 11.6 Å². The van der Waals surface area contributed by atoms with Crippen molar-refractivity contribution in [3.8, 4) is 0 Å². The monoisotopic (exact) mass is 473 g/mol. The summed E-state index contributed by atoms with van der Waals surface area (Å²) in [7, 11) is 0. The highest BCUT2D eigenvalue weighted by atomic mass is 35.5. The average molecular weight is 474 g/mol. The van der Waals surface area contributed by atoms with E-state index in [1.807, 2.05) is 21.7 Å². The van der Waals surface area contributed by atoms with Crippen molar-refractivity contribution in [1.82, 2.24) is 25.0 Å². The summed E-state index contributed by atoms with van der Waals surface area (Å²) in [5.41, 5.74) is 0.961. The minimum atomic E-state index is -1.19. The molecule has 2 aliphatic rings. The molecule has 0 unspecified atom stereocenters. The van der Waals surface area contributed by atoms with Crippen LogP contribution in [0.2, 0.25) is 5.02 Å². The van der Waals surface area contributed by atoms with Crippen molar-refractivity contribution >= 4 is 23.6 Å². The fourth-order valence-corrected chi connectivity index (χ4v) is 5.77. The maximum atomic E-state index is 13.4. The summed E-state index contributed by atoms with van der Waals surface area (Å²) < 4.78 is 1.93. The lowest BCUT2D eigenvalue weighted by Crippen LogP contribution is -2.54. The third kappa shape index (κ3) is 5.85. The Morgan fingerprint density at radius 3 is 2.45 bits per heavy atom. The molecule has 0 radical (unpaired) electrons. The van der Waals surface area contributed by atoms with E-state index in [2.05, 4.69) is 15.4 Å². The Labute approximate surface area is 199 Å². The SMILES string of the molecule is O=C(O)N[C@H](Cc1ccc(Cl)cc1)C(=O)N1CCC(Cn2cncn2)(C2CCCCC2)CC1. The molecule has 178 valence electrons. The first-order chi connectivity index (χ1) is 15.9. The minimum Gasteiger partial charge on any atom is -0.465 e. The van der Waals surface area contributed by atoms with Crippen LogP contribution in [-0.4, -0.2) is 55.9 Å². The zero-order valence-electron chi connectivity index (χ0n) is 18.8. The van der Waals surface area contributed by atoms with Crippen LogP contribution in [-0.2, 0) is 17.8 Å². The number of likely N-dealkylation sites (tertiary alicyclic amines) is 1. The molecule has 8 nitrogen and oxygen atoms in total. The second-order valence-corrected chi connectivity index (χ2v) is 9.88. The first kappa shape index (κ1) is 23.5. The van der Waals surface area contributed by atoms with E-state index in [0.717, 1.165) is 24.9 Å². The highest BCUT2D eigenvalue weighted by Crippen LogP contribution is 2.47. The number of carbonyl (C=O) groups excluding carboxylic acids is 1. The number of nitrogens with zero attached hydrogens (tertiary/aromatic N) is 4. The lowest BCUT2D eigenvalue weighted by atomic mass is 9.63. The molecule has 4 rings (SSSR count). The van der Waals surface area contributed by atoms with E-state index in [0.29, 0.717) is 30.5 Å². The quantitative estimate of drug-likeness (QED) is 0.633. The first-order valence-corrected chi connectivity index (χ1v) is 12.2. The van der Waals surface area contributed by atoms with Gasteiger partial charge in [-0.15, -0.1) is 0 Å².